The van der Waals surface area contributed by atoms with E-state index in [2.05, 4.69) is 17.5 Å². The highest BCUT2D eigenvalue weighted by Crippen LogP contribution is 2.66. The third kappa shape index (κ3) is 4.44. The quantitative estimate of drug-likeness (QED) is 0.461. The molecular formula is C23H24Cl2N2O2. The lowest BCUT2D eigenvalue weighted by Gasteiger charge is -2.15. The van der Waals surface area contributed by atoms with Gasteiger partial charge in [0.05, 0.1) is 6.21 Å². The molecule has 0 saturated heterocycles. The van der Waals surface area contributed by atoms with Crippen molar-refractivity contribution in [1.29, 1.82) is 0 Å². The number of carbonyl (C=O) groups is 1. The first-order chi connectivity index (χ1) is 14.0. The molecule has 0 unspecified atom stereocenters. The Balaban J connectivity index is 1.32. The highest BCUT2D eigenvalue weighted by atomic mass is 35.5. The van der Waals surface area contributed by atoms with Gasteiger partial charge in [-0.1, -0.05) is 61.2 Å². The van der Waals surface area contributed by atoms with E-state index in [0.717, 1.165) is 24.0 Å². The molecule has 0 aromatic heterocycles. The molecule has 1 N–H and O–H groups in total. The van der Waals surface area contributed by atoms with Gasteiger partial charge in [-0.15, -0.1) is 0 Å². The van der Waals surface area contributed by atoms with Crippen molar-refractivity contribution in [3.8, 4) is 5.75 Å². The maximum Gasteiger partial charge on any atom is 0.244 e. The predicted octanol–water partition coefficient (Wildman–Crippen LogP) is 5.85. The average Bonchev–Trinajstić information content (AvgIpc) is 3.33. The lowest BCUT2D eigenvalue weighted by molar-refractivity contribution is -0.123. The third-order valence-corrected chi connectivity index (χ3v) is 6.86. The van der Waals surface area contributed by atoms with Gasteiger partial charge in [0.25, 0.3) is 0 Å². The normalized spacial score (nSPS) is 25.5. The molecular weight excluding hydrogens is 407 g/mol. The van der Waals surface area contributed by atoms with Gasteiger partial charge in [-0.25, -0.2) is 5.43 Å². The van der Waals surface area contributed by atoms with Crippen LogP contribution < -0.4 is 10.2 Å². The van der Waals surface area contributed by atoms with Gasteiger partial charge < -0.3 is 4.74 Å². The number of nitrogens with one attached hydrogen (secondary N) is 1. The number of hydrogen-bond acceptors (Lipinski definition) is 3. The summed E-state index contributed by atoms with van der Waals surface area (Å²) in [5.41, 5.74) is 4.63. The Morgan fingerprint density at radius 1 is 1.28 bits per heavy atom. The standard InChI is InChI=1S/C23H24Cl2N2O2/c1-23-10-3-2-7-19(23)21(23)22(28)27-26-13-15-5-4-6-18(11-15)29-14-16-8-9-17(24)12-20(16)25/h4-6,8-9,11-13,19,21H,2-3,7,10,14H2,1H3,(H,27,28)/b26-13-/t19-,21-,23-/m0/s1. The molecule has 1 amide bonds. The van der Waals surface area contributed by atoms with E-state index in [1.807, 2.05) is 30.3 Å². The zero-order valence-electron chi connectivity index (χ0n) is 16.3. The van der Waals surface area contributed by atoms with Gasteiger partial charge in [-0.05, 0) is 54.0 Å². The van der Waals surface area contributed by atoms with E-state index in [1.54, 1.807) is 18.3 Å². The van der Waals surface area contributed by atoms with Gasteiger partial charge in [0.2, 0.25) is 5.91 Å². The number of rotatable bonds is 6. The lowest BCUT2D eigenvalue weighted by atomic mass is 9.90. The van der Waals surface area contributed by atoms with Crippen LogP contribution in [0.3, 0.4) is 0 Å². The molecule has 0 aliphatic heterocycles. The van der Waals surface area contributed by atoms with Crippen LogP contribution in [0.4, 0.5) is 0 Å². The van der Waals surface area contributed by atoms with Crippen LogP contribution >= 0.6 is 23.2 Å². The Kier molecular flexibility index (Phi) is 5.84. The van der Waals surface area contributed by atoms with Crippen LogP contribution in [-0.4, -0.2) is 12.1 Å². The van der Waals surface area contributed by atoms with E-state index in [1.165, 1.54) is 12.8 Å². The minimum atomic E-state index is 0.0421. The smallest absolute Gasteiger partial charge is 0.244 e. The molecule has 0 bridgehead atoms. The molecule has 2 fully saturated rings. The predicted molar refractivity (Wildman–Crippen MR) is 117 cm³/mol. The van der Waals surface area contributed by atoms with Gasteiger partial charge in [0.1, 0.15) is 12.4 Å². The van der Waals surface area contributed by atoms with Gasteiger partial charge in [-0.2, -0.15) is 5.10 Å². The Morgan fingerprint density at radius 3 is 2.90 bits per heavy atom. The molecule has 6 heteroatoms. The van der Waals surface area contributed by atoms with Gasteiger partial charge in [-0.3, -0.25) is 4.79 Å². The first-order valence-electron chi connectivity index (χ1n) is 9.97. The molecule has 152 valence electrons. The van der Waals surface area contributed by atoms with E-state index in [9.17, 15) is 4.79 Å². The first-order valence-corrected chi connectivity index (χ1v) is 10.7. The number of ether oxygens (including phenoxy) is 1. The van der Waals surface area contributed by atoms with Gasteiger partial charge >= 0.3 is 0 Å². The molecule has 2 saturated carbocycles. The van der Waals surface area contributed by atoms with E-state index < -0.39 is 0 Å². The molecule has 3 atom stereocenters. The summed E-state index contributed by atoms with van der Waals surface area (Å²) in [5, 5.41) is 5.33. The number of nitrogens with zero attached hydrogens (tertiary/aromatic N) is 1. The summed E-state index contributed by atoms with van der Waals surface area (Å²) in [6, 6.07) is 12.9. The van der Waals surface area contributed by atoms with Crippen LogP contribution in [0, 0.1) is 17.3 Å². The Labute approximate surface area is 181 Å². The van der Waals surface area contributed by atoms with Crippen LogP contribution in [0.1, 0.15) is 43.7 Å². The third-order valence-electron chi connectivity index (χ3n) is 6.27. The van der Waals surface area contributed by atoms with Crippen molar-refractivity contribution < 1.29 is 9.53 Å². The Morgan fingerprint density at radius 2 is 2.14 bits per heavy atom. The summed E-state index contributed by atoms with van der Waals surface area (Å²) in [7, 11) is 0. The molecule has 29 heavy (non-hydrogen) atoms. The maximum absolute atomic E-state index is 12.5. The Hall–Kier alpha value is -2.04. The number of fused-ring (bicyclic) bond motifs is 1. The summed E-state index contributed by atoms with van der Waals surface area (Å²) >= 11 is 12.1. The fourth-order valence-corrected chi connectivity index (χ4v) is 5.04. The second kappa shape index (κ2) is 8.37. The largest absolute Gasteiger partial charge is 0.489 e. The summed E-state index contributed by atoms with van der Waals surface area (Å²) in [6.45, 7) is 2.58. The monoisotopic (exact) mass is 430 g/mol. The second-order valence-electron chi connectivity index (χ2n) is 8.17. The van der Waals surface area contributed by atoms with Crippen LogP contribution in [0.5, 0.6) is 5.75 Å². The van der Waals surface area contributed by atoms with E-state index >= 15 is 0 Å². The fourth-order valence-electron chi connectivity index (χ4n) is 4.57. The van der Waals surface area contributed by atoms with Crippen LogP contribution in [0.2, 0.25) is 10.0 Å². The second-order valence-corrected chi connectivity index (χ2v) is 9.01. The van der Waals surface area contributed by atoms with E-state index in [-0.39, 0.29) is 17.2 Å². The minimum absolute atomic E-state index is 0.0421. The molecule has 0 heterocycles. The topological polar surface area (TPSA) is 50.7 Å². The van der Waals surface area contributed by atoms with Crippen molar-refractivity contribution in [2.75, 3.05) is 0 Å². The summed E-state index contributed by atoms with van der Waals surface area (Å²) in [6.07, 6.45) is 6.43. The zero-order chi connectivity index (χ0) is 20.4. The van der Waals surface area contributed by atoms with E-state index in [0.29, 0.717) is 28.3 Å². The van der Waals surface area contributed by atoms with Crippen molar-refractivity contribution in [3.63, 3.8) is 0 Å². The number of amides is 1. The van der Waals surface area contributed by atoms with Crippen molar-refractivity contribution >= 4 is 35.3 Å². The molecule has 2 aromatic rings. The highest BCUT2D eigenvalue weighted by molar-refractivity contribution is 6.35. The number of benzene rings is 2. The highest BCUT2D eigenvalue weighted by Gasteiger charge is 2.64. The number of carbonyl (C=O) groups excluding carboxylic acids is 1. The average molecular weight is 431 g/mol. The number of halogens is 2. The maximum atomic E-state index is 12.5. The SMILES string of the molecule is C[C@]12CCCC[C@H]1[C@H]2C(=O)N/N=C\c1cccc(OCc2ccc(Cl)cc2Cl)c1. The van der Waals surface area contributed by atoms with Crippen molar-refractivity contribution in [2.45, 2.75) is 39.2 Å². The van der Waals surface area contributed by atoms with Crippen LogP contribution in [0.15, 0.2) is 47.6 Å². The van der Waals surface area contributed by atoms with Crippen LogP contribution in [-0.2, 0) is 11.4 Å². The van der Waals surface area contributed by atoms with Gasteiger partial charge in [0.15, 0.2) is 0 Å². The summed E-state index contributed by atoms with van der Waals surface area (Å²) < 4.78 is 5.83. The van der Waals surface area contributed by atoms with E-state index in [4.69, 9.17) is 27.9 Å². The molecule has 4 nitrogen and oxygen atoms in total. The fraction of sp³-hybridized carbons (Fsp3) is 0.391. The van der Waals surface area contributed by atoms with Crippen molar-refractivity contribution in [3.05, 3.63) is 63.6 Å². The molecule has 4 rings (SSSR count). The molecule has 0 radical (unpaired) electrons. The minimum Gasteiger partial charge on any atom is -0.489 e. The summed E-state index contributed by atoms with van der Waals surface area (Å²) in [4.78, 5) is 12.5. The zero-order valence-corrected chi connectivity index (χ0v) is 17.8. The van der Waals surface area contributed by atoms with Crippen LogP contribution in [0.25, 0.3) is 0 Å². The Bertz CT molecular complexity index is 946. The summed E-state index contributed by atoms with van der Waals surface area (Å²) in [5.74, 6) is 1.39. The molecule has 2 aliphatic rings. The van der Waals surface area contributed by atoms with Crippen molar-refractivity contribution in [1.82, 2.24) is 5.43 Å². The number of hydrogen-bond donors (Lipinski definition) is 1. The molecule has 2 aromatic carbocycles. The molecule has 0 spiro atoms. The molecule has 2 aliphatic carbocycles. The van der Waals surface area contributed by atoms with Crippen molar-refractivity contribution in [2.24, 2.45) is 22.4 Å². The lowest BCUT2D eigenvalue weighted by Crippen LogP contribution is -2.22. The van der Waals surface area contributed by atoms with Gasteiger partial charge in [0, 0.05) is 21.5 Å². The number of hydrazone groups is 1. The first kappa shape index (κ1) is 20.2.